The SMILES string of the molecule is CN.Nc1c(S(=O)(=O)O)cc(Nc2ccc(N=Nc3ccc4ccccc4c3O)c(S(=O)(=O)O)c2)c2c1C(=O)c1ccccc1C2=O.O=S(=O)=O.O=S(=O)=O. The van der Waals surface area contributed by atoms with Crippen molar-refractivity contribution in [3.8, 4) is 5.75 Å². The second-order valence-corrected chi connectivity index (χ2v) is 13.9. The summed E-state index contributed by atoms with van der Waals surface area (Å²) in [6.07, 6.45) is 0. The van der Waals surface area contributed by atoms with Gasteiger partial charge in [0, 0.05) is 22.2 Å². The normalized spacial score (nSPS) is 11.8. The van der Waals surface area contributed by atoms with Crippen LogP contribution < -0.4 is 16.8 Å². The Kier molecular flexibility index (Phi) is 13.9. The van der Waals surface area contributed by atoms with Crippen molar-refractivity contribution < 1.29 is 65.9 Å². The number of carbonyl (C=O) groups excluding carboxylic acids is 2. The highest BCUT2D eigenvalue weighted by molar-refractivity contribution is 7.86. The molecule has 0 fully saturated rings. The number of hydrogen-bond acceptors (Lipinski definition) is 18. The number of rotatable bonds is 6. The molecule has 0 heterocycles. The van der Waals surface area contributed by atoms with E-state index in [2.05, 4.69) is 21.3 Å². The zero-order chi connectivity index (χ0) is 41.4. The van der Waals surface area contributed by atoms with Gasteiger partial charge in [0.2, 0.25) is 0 Å². The largest absolute Gasteiger partial charge is 0.505 e. The molecule has 5 aromatic rings. The molecule has 55 heavy (non-hydrogen) atoms. The number of anilines is 3. The van der Waals surface area contributed by atoms with E-state index in [4.69, 9.17) is 31.0 Å². The average Bonchev–Trinajstić information content (AvgIpc) is 3.11. The average molecular weight is 836 g/mol. The van der Waals surface area contributed by atoms with Gasteiger partial charge in [0.15, 0.2) is 17.3 Å². The molecule has 0 unspecified atom stereocenters. The molecule has 20 nitrogen and oxygen atoms in total. The number of nitrogens with one attached hydrogen (secondary N) is 1. The van der Waals surface area contributed by atoms with Crippen molar-refractivity contribution in [2.45, 2.75) is 9.79 Å². The van der Waals surface area contributed by atoms with E-state index in [1.807, 2.05) is 0 Å². The Bertz CT molecular complexity index is 2810. The van der Waals surface area contributed by atoms with Gasteiger partial charge in [0.25, 0.3) is 20.2 Å². The summed E-state index contributed by atoms with van der Waals surface area (Å²) < 4.78 is 120. The van der Waals surface area contributed by atoms with Gasteiger partial charge in [0.1, 0.15) is 21.2 Å². The molecule has 24 heteroatoms. The van der Waals surface area contributed by atoms with Gasteiger partial charge in [-0.1, -0.05) is 54.6 Å². The van der Waals surface area contributed by atoms with Crippen LogP contribution in [0.2, 0.25) is 0 Å². The highest BCUT2D eigenvalue weighted by atomic mass is 32.2. The number of fused-ring (bicyclic) bond motifs is 3. The highest BCUT2D eigenvalue weighted by Gasteiger charge is 2.36. The Balaban J connectivity index is 0.000000732. The van der Waals surface area contributed by atoms with E-state index in [1.165, 1.54) is 43.4 Å². The topological polar surface area (TPSA) is 354 Å². The van der Waals surface area contributed by atoms with Crippen LogP contribution in [-0.2, 0) is 41.5 Å². The first kappa shape index (κ1) is 43.1. The van der Waals surface area contributed by atoms with Crippen LogP contribution >= 0.6 is 0 Å². The number of carbonyl (C=O) groups is 2. The number of phenols is 1. The third-order valence-electron chi connectivity index (χ3n) is 7.14. The molecule has 0 aromatic heterocycles. The van der Waals surface area contributed by atoms with Gasteiger partial charge in [-0.3, -0.25) is 18.7 Å². The first-order chi connectivity index (χ1) is 25.7. The third-order valence-corrected chi connectivity index (χ3v) is 8.92. The Hall–Kier alpha value is -6.28. The number of azo groups is 1. The number of ketones is 2. The fourth-order valence-electron chi connectivity index (χ4n) is 5.07. The van der Waals surface area contributed by atoms with E-state index in [-0.39, 0.29) is 45.2 Å². The molecule has 8 N–H and O–H groups in total. The lowest BCUT2D eigenvalue weighted by atomic mass is 9.82. The summed E-state index contributed by atoms with van der Waals surface area (Å²) in [6.45, 7) is 0. The molecular weight excluding hydrogens is 811 g/mol. The summed E-state index contributed by atoms with van der Waals surface area (Å²) in [7, 11) is -14.7. The summed E-state index contributed by atoms with van der Waals surface area (Å²) in [6, 6.07) is 20.1. The van der Waals surface area contributed by atoms with Gasteiger partial charge in [-0.2, -0.15) is 16.8 Å². The molecule has 5 aromatic carbocycles. The summed E-state index contributed by atoms with van der Waals surface area (Å²) in [5.41, 5.74) is 8.37. The van der Waals surface area contributed by atoms with Gasteiger partial charge >= 0.3 is 21.2 Å². The molecule has 1 aliphatic carbocycles. The van der Waals surface area contributed by atoms with Gasteiger partial charge in [-0.05, 0) is 42.8 Å². The minimum atomic E-state index is -5.00. The van der Waals surface area contributed by atoms with Gasteiger partial charge in [-0.25, -0.2) is 0 Å². The standard InChI is InChI=1S/C30H20N4O9S2.CH5N.2O3S/c31-27-24(45(41,42)43)14-22(25-26(27)30(37)19-8-4-3-7-18(19)29(25)36)32-16-10-12-20(23(13-16)44(38,39)40)33-34-21-11-9-15-5-1-2-6-17(15)28(21)35;1-2;2*1-4(2)3/h1-14,32,35H,31H2,(H,38,39,40)(H,41,42,43);2H2,1H3;;. The minimum Gasteiger partial charge on any atom is -0.505 e. The van der Waals surface area contributed by atoms with E-state index >= 15 is 0 Å². The molecule has 0 bridgehead atoms. The fraction of sp³-hybridized carbons (Fsp3) is 0.0323. The highest BCUT2D eigenvalue weighted by Crippen LogP contribution is 2.41. The predicted octanol–water partition coefficient (Wildman–Crippen LogP) is 3.12. The molecule has 0 aliphatic heterocycles. The quantitative estimate of drug-likeness (QED) is 0.0797. The van der Waals surface area contributed by atoms with Crippen LogP contribution in [0.1, 0.15) is 31.8 Å². The van der Waals surface area contributed by atoms with Crippen molar-refractivity contribution in [3.63, 3.8) is 0 Å². The second-order valence-electron chi connectivity index (χ2n) is 10.3. The van der Waals surface area contributed by atoms with Crippen LogP contribution in [0.15, 0.2) is 105 Å². The molecule has 0 atom stereocenters. The predicted molar refractivity (Wildman–Crippen MR) is 193 cm³/mol. The van der Waals surface area contributed by atoms with Gasteiger partial charge < -0.3 is 21.9 Å². The summed E-state index contributed by atoms with van der Waals surface area (Å²) in [5.74, 6) is -1.66. The number of nitrogen functional groups attached to an aromatic ring is 1. The Labute approximate surface area is 313 Å². The molecule has 288 valence electrons. The van der Waals surface area contributed by atoms with Crippen LogP contribution in [0.3, 0.4) is 0 Å². The van der Waals surface area contributed by atoms with Crippen molar-refractivity contribution in [2.75, 3.05) is 18.1 Å². The third kappa shape index (κ3) is 10.2. The van der Waals surface area contributed by atoms with E-state index in [9.17, 15) is 40.6 Å². The molecule has 0 saturated carbocycles. The monoisotopic (exact) mass is 835 g/mol. The van der Waals surface area contributed by atoms with Crippen molar-refractivity contribution in [3.05, 3.63) is 107 Å². The Morgan fingerprint density at radius 2 is 1.11 bits per heavy atom. The van der Waals surface area contributed by atoms with Crippen molar-refractivity contribution in [2.24, 2.45) is 16.0 Å². The van der Waals surface area contributed by atoms with Crippen LogP contribution in [-0.4, -0.2) is 74.9 Å². The molecular formula is C31H25N5O15S4. The molecule has 1 aliphatic rings. The first-order valence-corrected chi connectivity index (χ1v) is 19.3. The van der Waals surface area contributed by atoms with E-state index in [0.717, 1.165) is 23.6 Å². The lowest BCUT2D eigenvalue weighted by Gasteiger charge is -2.23. The number of benzene rings is 5. The minimum absolute atomic E-state index is 0.0170. The Morgan fingerprint density at radius 1 is 0.636 bits per heavy atom. The smallest absolute Gasteiger partial charge is 0.425 e. The molecule has 0 saturated heterocycles. The molecule has 0 amide bonds. The van der Waals surface area contributed by atoms with E-state index in [0.29, 0.717) is 5.39 Å². The van der Waals surface area contributed by atoms with Crippen molar-refractivity contribution in [1.29, 1.82) is 0 Å². The number of nitrogens with zero attached hydrogens (tertiary/aromatic N) is 2. The number of nitrogens with two attached hydrogens (primary N) is 2. The lowest BCUT2D eigenvalue weighted by Crippen LogP contribution is -2.25. The maximum atomic E-state index is 13.5. The van der Waals surface area contributed by atoms with E-state index < -0.39 is 74.1 Å². The van der Waals surface area contributed by atoms with Gasteiger partial charge in [-0.15, -0.1) is 35.5 Å². The second kappa shape index (κ2) is 17.7. The van der Waals surface area contributed by atoms with Crippen molar-refractivity contribution >= 4 is 92.2 Å². The van der Waals surface area contributed by atoms with Crippen LogP contribution in [0.5, 0.6) is 5.75 Å². The van der Waals surface area contributed by atoms with Crippen LogP contribution in [0, 0.1) is 0 Å². The number of hydrogen-bond donors (Lipinski definition) is 6. The summed E-state index contributed by atoms with van der Waals surface area (Å²) >= 11 is 0. The zero-order valence-corrected chi connectivity index (χ0v) is 30.8. The van der Waals surface area contributed by atoms with E-state index in [1.54, 1.807) is 30.3 Å². The van der Waals surface area contributed by atoms with Crippen molar-refractivity contribution in [1.82, 2.24) is 0 Å². The maximum absolute atomic E-state index is 13.5. The van der Waals surface area contributed by atoms with Gasteiger partial charge in [0.05, 0.1) is 22.5 Å². The zero-order valence-electron chi connectivity index (χ0n) is 27.5. The van der Waals surface area contributed by atoms with Crippen LogP contribution in [0.4, 0.5) is 28.4 Å². The number of phenolic OH excluding ortho intramolecular Hbond substituents is 1. The molecule has 0 spiro atoms. The number of aromatic hydroxyl groups is 1. The first-order valence-electron chi connectivity index (χ1n) is 14.5. The summed E-state index contributed by atoms with van der Waals surface area (Å²) in [4.78, 5) is 25.3. The lowest BCUT2D eigenvalue weighted by molar-refractivity contribution is 0.0980. The molecule has 0 radical (unpaired) electrons. The summed E-state index contributed by atoms with van der Waals surface area (Å²) in [5, 5.41) is 22.4. The van der Waals surface area contributed by atoms with Crippen LogP contribution in [0.25, 0.3) is 10.8 Å². The Morgan fingerprint density at radius 3 is 1.65 bits per heavy atom. The fourth-order valence-corrected chi connectivity index (χ4v) is 6.37. The maximum Gasteiger partial charge on any atom is 0.425 e. The molecule has 6 rings (SSSR count).